The predicted molar refractivity (Wildman–Crippen MR) is 97.1 cm³/mol. The second-order valence-corrected chi connectivity index (χ2v) is 6.76. The molecule has 116 valence electrons. The number of anilines is 1. The second kappa shape index (κ2) is 6.99. The molecule has 2 aromatic carbocycles. The Bertz CT molecular complexity index is 650. The van der Waals surface area contributed by atoms with Gasteiger partial charge in [-0.25, -0.2) is 0 Å². The van der Waals surface area contributed by atoms with Gasteiger partial charge in [0.05, 0.1) is 0 Å². The van der Waals surface area contributed by atoms with E-state index < -0.39 is 0 Å². The zero-order valence-electron chi connectivity index (χ0n) is 12.8. The van der Waals surface area contributed by atoms with Gasteiger partial charge >= 0.3 is 0 Å². The van der Waals surface area contributed by atoms with Crippen molar-refractivity contribution in [2.45, 2.75) is 26.3 Å². The molecule has 0 saturated heterocycles. The third-order valence-electron chi connectivity index (χ3n) is 2.63. The lowest BCUT2D eigenvalue weighted by molar-refractivity contribution is 0.483. The van der Waals surface area contributed by atoms with Crippen molar-refractivity contribution >= 4 is 34.6 Å². The average Bonchev–Trinajstić information content (AvgIpc) is 2.39. The first kappa shape index (κ1) is 16.6. The van der Waals surface area contributed by atoms with E-state index in [0.717, 1.165) is 11.4 Å². The van der Waals surface area contributed by atoms with Crippen molar-refractivity contribution in [1.29, 1.82) is 0 Å². The molecule has 0 spiro atoms. The van der Waals surface area contributed by atoms with Crippen LogP contribution in [0.2, 0.25) is 5.02 Å². The topological polar surface area (TPSA) is 33.3 Å². The van der Waals surface area contributed by atoms with Crippen LogP contribution in [-0.4, -0.2) is 10.7 Å². The Kier molecular flexibility index (Phi) is 5.27. The number of ether oxygens (including phenoxy) is 1. The summed E-state index contributed by atoms with van der Waals surface area (Å²) in [6, 6.07) is 14.9. The Labute approximate surface area is 141 Å². The van der Waals surface area contributed by atoms with Crippen LogP contribution in [0.3, 0.4) is 0 Å². The molecule has 0 bridgehead atoms. The van der Waals surface area contributed by atoms with Crippen molar-refractivity contribution in [3.63, 3.8) is 0 Å². The monoisotopic (exact) mass is 334 g/mol. The first-order valence-corrected chi connectivity index (χ1v) is 7.73. The molecule has 0 aliphatic carbocycles. The van der Waals surface area contributed by atoms with Crippen LogP contribution < -0.4 is 15.4 Å². The summed E-state index contributed by atoms with van der Waals surface area (Å²) < 4.78 is 5.74. The molecule has 5 heteroatoms. The number of nitrogens with one attached hydrogen (secondary N) is 2. The Hall–Kier alpha value is -1.78. The minimum atomic E-state index is -0.0697. The van der Waals surface area contributed by atoms with E-state index in [0.29, 0.717) is 15.9 Å². The molecule has 22 heavy (non-hydrogen) atoms. The summed E-state index contributed by atoms with van der Waals surface area (Å²) in [5, 5.41) is 7.59. The van der Waals surface area contributed by atoms with Gasteiger partial charge in [-0.1, -0.05) is 17.7 Å². The van der Waals surface area contributed by atoms with E-state index >= 15 is 0 Å². The van der Waals surface area contributed by atoms with Crippen LogP contribution in [0.25, 0.3) is 0 Å². The number of thiocarbonyl (C=S) groups is 1. The van der Waals surface area contributed by atoms with Gasteiger partial charge in [-0.05, 0) is 75.5 Å². The van der Waals surface area contributed by atoms with E-state index in [-0.39, 0.29) is 5.54 Å². The fraction of sp³-hybridized carbons (Fsp3) is 0.235. The number of benzene rings is 2. The summed E-state index contributed by atoms with van der Waals surface area (Å²) in [5.74, 6) is 1.45. The highest BCUT2D eigenvalue weighted by atomic mass is 35.5. The van der Waals surface area contributed by atoms with Gasteiger partial charge in [-0.2, -0.15) is 0 Å². The van der Waals surface area contributed by atoms with Crippen LogP contribution >= 0.6 is 23.8 Å². The normalized spacial score (nSPS) is 10.9. The van der Waals surface area contributed by atoms with Gasteiger partial charge < -0.3 is 15.4 Å². The number of halogens is 1. The van der Waals surface area contributed by atoms with Crippen molar-refractivity contribution in [3.8, 4) is 11.5 Å². The van der Waals surface area contributed by atoms with Gasteiger partial charge in [-0.15, -0.1) is 0 Å². The third kappa shape index (κ3) is 5.54. The molecule has 0 saturated carbocycles. The Morgan fingerprint density at radius 2 is 1.73 bits per heavy atom. The molecular formula is C17H19ClN2OS. The maximum atomic E-state index is 5.94. The first-order valence-electron chi connectivity index (χ1n) is 6.94. The fourth-order valence-corrected chi connectivity index (χ4v) is 2.38. The zero-order chi connectivity index (χ0) is 16.2. The largest absolute Gasteiger partial charge is 0.457 e. The van der Waals surface area contributed by atoms with Crippen LogP contribution in [0.4, 0.5) is 5.69 Å². The average molecular weight is 335 g/mol. The van der Waals surface area contributed by atoms with E-state index in [1.807, 2.05) is 42.5 Å². The highest BCUT2D eigenvalue weighted by molar-refractivity contribution is 7.80. The van der Waals surface area contributed by atoms with Crippen LogP contribution in [-0.2, 0) is 0 Å². The summed E-state index contributed by atoms with van der Waals surface area (Å²) >= 11 is 11.2. The van der Waals surface area contributed by atoms with Crippen molar-refractivity contribution in [2.75, 3.05) is 5.32 Å². The van der Waals surface area contributed by atoms with E-state index in [1.54, 1.807) is 6.07 Å². The van der Waals surface area contributed by atoms with E-state index in [9.17, 15) is 0 Å². The SMILES string of the molecule is CC(C)(C)NC(=S)Nc1ccc(Oc2cccc(Cl)c2)cc1. The summed E-state index contributed by atoms with van der Waals surface area (Å²) in [6.45, 7) is 6.18. The molecule has 2 aromatic rings. The molecule has 3 nitrogen and oxygen atoms in total. The second-order valence-electron chi connectivity index (χ2n) is 5.91. The van der Waals surface area contributed by atoms with Gasteiger partial charge in [0.25, 0.3) is 0 Å². The molecule has 0 aliphatic rings. The van der Waals surface area contributed by atoms with E-state index in [2.05, 4.69) is 31.4 Å². The maximum absolute atomic E-state index is 5.94. The standard InChI is InChI=1S/C17H19ClN2OS/c1-17(2,3)20-16(22)19-13-7-9-14(10-8-13)21-15-6-4-5-12(18)11-15/h4-11H,1-3H3,(H2,19,20,22). The highest BCUT2D eigenvalue weighted by Gasteiger charge is 2.10. The lowest BCUT2D eigenvalue weighted by Gasteiger charge is -2.23. The van der Waals surface area contributed by atoms with Crippen molar-refractivity contribution in [3.05, 3.63) is 53.6 Å². The summed E-state index contributed by atoms with van der Waals surface area (Å²) in [4.78, 5) is 0. The van der Waals surface area contributed by atoms with Crippen LogP contribution in [0.15, 0.2) is 48.5 Å². The molecule has 0 amide bonds. The third-order valence-corrected chi connectivity index (χ3v) is 3.07. The fourth-order valence-electron chi connectivity index (χ4n) is 1.78. The Morgan fingerprint density at radius 1 is 1.05 bits per heavy atom. The van der Waals surface area contributed by atoms with Gasteiger partial charge in [-0.3, -0.25) is 0 Å². The molecule has 2 rings (SSSR count). The van der Waals surface area contributed by atoms with Crippen LogP contribution in [0, 0.1) is 0 Å². The molecular weight excluding hydrogens is 316 g/mol. The lowest BCUT2D eigenvalue weighted by atomic mass is 10.1. The molecule has 0 atom stereocenters. The van der Waals surface area contributed by atoms with Gasteiger partial charge in [0.2, 0.25) is 0 Å². The number of rotatable bonds is 3. The van der Waals surface area contributed by atoms with Crippen molar-refractivity contribution < 1.29 is 4.74 Å². The van der Waals surface area contributed by atoms with Crippen molar-refractivity contribution in [1.82, 2.24) is 5.32 Å². The van der Waals surface area contributed by atoms with Crippen molar-refractivity contribution in [2.24, 2.45) is 0 Å². The Balaban J connectivity index is 1.97. The molecule has 2 N–H and O–H groups in total. The van der Waals surface area contributed by atoms with Gasteiger partial charge in [0, 0.05) is 16.2 Å². The van der Waals surface area contributed by atoms with Crippen LogP contribution in [0.1, 0.15) is 20.8 Å². The molecule has 0 aliphatic heterocycles. The predicted octanol–water partition coefficient (Wildman–Crippen LogP) is 5.22. The minimum Gasteiger partial charge on any atom is -0.457 e. The zero-order valence-corrected chi connectivity index (χ0v) is 14.4. The lowest BCUT2D eigenvalue weighted by Crippen LogP contribution is -2.42. The van der Waals surface area contributed by atoms with Gasteiger partial charge in [0.15, 0.2) is 5.11 Å². The molecule has 0 radical (unpaired) electrons. The number of hydrogen-bond acceptors (Lipinski definition) is 2. The highest BCUT2D eigenvalue weighted by Crippen LogP contribution is 2.25. The van der Waals surface area contributed by atoms with Crippen LogP contribution in [0.5, 0.6) is 11.5 Å². The molecule has 0 fully saturated rings. The smallest absolute Gasteiger partial charge is 0.171 e. The quantitative estimate of drug-likeness (QED) is 0.754. The number of hydrogen-bond donors (Lipinski definition) is 2. The molecule has 0 heterocycles. The summed E-state index contributed by atoms with van der Waals surface area (Å²) in [6.07, 6.45) is 0. The first-order chi connectivity index (χ1) is 10.3. The molecule has 0 unspecified atom stereocenters. The summed E-state index contributed by atoms with van der Waals surface area (Å²) in [7, 11) is 0. The Morgan fingerprint density at radius 3 is 2.32 bits per heavy atom. The molecule has 0 aromatic heterocycles. The minimum absolute atomic E-state index is 0.0697. The summed E-state index contributed by atoms with van der Waals surface area (Å²) in [5.41, 5.74) is 0.833. The maximum Gasteiger partial charge on any atom is 0.171 e. The van der Waals surface area contributed by atoms with E-state index in [4.69, 9.17) is 28.6 Å². The van der Waals surface area contributed by atoms with Gasteiger partial charge in [0.1, 0.15) is 11.5 Å². The van der Waals surface area contributed by atoms with E-state index in [1.165, 1.54) is 0 Å².